The van der Waals surface area contributed by atoms with Crippen LogP contribution >= 0.6 is 0 Å². The Morgan fingerprint density at radius 1 is 1.33 bits per heavy atom. The standard InChI is InChI=1S/C13H13N3O2/c17-13(18)11-6-3-7-16(11)12-8-14-9-4-1-2-5-10(9)15-12/h1-2,4-5,8,11H,3,6-7H2,(H,17,18)/t11-/m0/s1. The summed E-state index contributed by atoms with van der Waals surface area (Å²) in [6, 6.07) is 7.12. The summed E-state index contributed by atoms with van der Waals surface area (Å²) >= 11 is 0. The van der Waals surface area contributed by atoms with E-state index in [4.69, 9.17) is 5.11 Å². The molecule has 5 heteroatoms. The molecule has 0 bridgehead atoms. The van der Waals surface area contributed by atoms with Crippen LogP contribution in [0, 0.1) is 0 Å². The maximum absolute atomic E-state index is 11.2. The van der Waals surface area contributed by atoms with E-state index >= 15 is 0 Å². The summed E-state index contributed by atoms with van der Waals surface area (Å²) in [5.74, 6) is -0.138. The Bertz CT molecular complexity index is 600. The van der Waals surface area contributed by atoms with Gasteiger partial charge in [0.15, 0.2) is 0 Å². The smallest absolute Gasteiger partial charge is 0.326 e. The Balaban J connectivity index is 2.01. The minimum Gasteiger partial charge on any atom is -0.480 e. The number of para-hydroxylation sites is 2. The van der Waals surface area contributed by atoms with E-state index in [2.05, 4.69) is 9.97 Å². The number of hydrogen-bond acceptors (Lipinski definition) is 4. The highest BCUT2D eigenvalue weighted by Gasteiger charge is 2.31. The zero-order valence-corrected chi connectivity index (χ0v) is 9.78. The number of carbonyl (C=O) groups is 1. The van der Waals surface area contributed by atoms with Crippen molar-refractivity contribution in [3.63, 3.8) is 0 Å². The topological polar surface area (TPSA) is 66.3 Å². The first-order valence-corrected chi connectivity index (χ1v) is 5.97. The van der Waals surface area contributed by atoms with Gasteiger partial charge in [0.05, 0.1) is 17.2 Å². The number of benzene rings is 1. The predicted molar refractivity (Wildman–Crippen MR) is 67.5 cm³/mol. The molecule has 0 radical (unpaired) electrons. The van der Waals surface area contributed by atoms with Crippen LogP contribution in [0.2, 0.25) is 0 Å². The molecule has 1 aromatic carbocycles. The number of carboxylic acids is 1. The zero-order chi connectivity index (χ0) is 12.5. The van der Waals surface area contributed by atoms with E-state index in [1.165, 1.54) is 0 Å². The zero-order valence-electron chi connectivity index (χ0n) is 9.78. The van der Waals surface area contributed by atoms with Crippen LogP contribution in [0.25, 0.3) is 11.0 Å². The molecule has 1 aliphatic heterocycles. The summed E-state index contributed by atoms with van der Waals surface area (Å²) in [5.41, 5.74) is 1.62. The van der Waals surface area contributed by atoms with Crippen molar-refractivity contribution in [2.24, 2.45) is 0 Å². The summed E-state index contributed by atoms with van der Waals surface area (Å²) in [6.07, 6.45) is 3.21. The van der Waals surface area contributed by atoms with Gasteiger partial charge in [0.2, 0.25) is 0 Å². The Morgan fingerprint density at radius 3 is 2.89 bits per heavy atom. The van der Waals surface area contributed by atoms with Gasteiger partial charge in [0.1, 0.15) is 11.9 Å². The number of rotatable bonds is 2. The fraction of sp³-hybridized carbons (Fsp3) is 0.308. The van der Waals surface area contributed by atoms with Crippen molar-refractivity contribution < 1.29 is 9.90 Å². The molecule has 1 aromatic heterocycles. The fourth-order valence-electron chi connectivity index (χ4n) is 2.38. The summed E-state index contributed by atoms with van der Waals surface area (Å²) in [4.78, 5) is 21.8. The number of anilines is 1. The number of aliphatic carboxylic acids is 1. The second-order valence-electron chi connectivity index (χ2n) is 4.41. The normalized spacial score (nSPS) is 19.3. The molecular formula is C13H13N3O2. The van der Waals surface area contributed by atoms with E-state index < -0.39 is 12.0 Å². The Labute approximate surface area is 104 Å². The van der Waals surface area contributed by atoms with E-state index in [9.17, 15) is 4.79 Å². The fourth-order valence-corrected chi connectivity index (χ4v) is 2.38. The van der Waals surface area contributed by atoms with Gasteiger partial charge < -0.3 is 10.0 Å². The third kappa shape index (κ3) is 1.77. The van der Waals surface area contributed by atoms with Gasteiger partial charge in [-0.15, -0.1) is 0 Å². The van der Waals surface area contributed by atoms with Gasteiger partial charge in [-0.05, 0) is 25.0 Å². The quantitative estimate of drug-likeness (QED) is 0.869. The number of nitrogens with zero attached hydrogens (tertiary/aromatic N) is 3. The largest absolute Gasteiger partial charge is 0.480 e. The molecule has 0 spiro atoms. The monoisotopic (exact) mass is 243 g/mol. The molecule has 0 saturated carbocycles. The van der Waals surface area contributed by atoms with E-state index in [1.807, 2.05) is 29.2 Å². The molecule has 1 aliphatic rings. The van der Waals surface area contributed by atoms with Crippen molar-refractivity contribution in [1.29, 1.82) is 0 Å². The van der Waals surface area contributed by atoms with Gasteiger partial charge in [0, 0.05) is 6.54 Å². The van der Waals surface area contributed by atoms with E-state index in [0.29, 0.717) is 12.2 Å². The van der Waals surface area contributed by atoms with Crippen LogP contribution < -0.4 is 4.90 Å². The van der Waals surface area contributed by atoms with E-state index in [1.54, 1.807) is 6.20 Å². The third-order valence-corrected chi connectivity index (χ3v) is 3.27. The lowest BCUT2D eigenvalue weighted by Crippen LogP contribution is -2.36. The minimum absolute atomic E-state index is 0.472. The maximum atomic E-state index is 11.2. The highest BCUT2D eigenvalue weighted by Crippen LogP contribution is 2.24. The molecule has 18 heavy (non-hydrogen) atoms. The summed E-state index contributed by atoms with van der Waals surface area (Å²) in [6.45, 7) is 0.726. The van der Waals surface area contributed by atoms with Gasteiger partial charge in [-0.3, -0.25) is 4.98 Å². The molecule has 5 nitrogen and oxygen atoms in total. The lowest BCUT2D eigenvalue weighted by Gasteiger charge is -2.22. The number of hydrogen-bond donors (Lipinski definition) is 1. The first-order valence-electron chi connectivity index (χ1n) is 5.97. The molecule has 92 valence electrons. The molecule has 0 aliphatic carbocycles. The van der Waals surface area contributed by atoms with Crippen LogP contribution in [0.3, 0.4) is 0 Å². The van der Waals surface area contributed by atoms with Crippen molar-refractivity contribution in [3.8, 4) is 0 Å². The lowest BCUT2D eigenvalue weighted by molar-refractivity contribution is -0.138. The predicted octanol–water partition coefficient (Wildman–Crippen LogP) is 1.68. The average molecular weight is 243 g/mol. The summed E-state index contributed by atoms with van der Waals surface area (Å²) < 4.78 is 0. The Hall–Kier alpha value is -2.17. The molecule has 1 N–H and O–H groups in total. The molecule has 0 unspecified atom stereocenters. The average Bonchev–Trinajstić information content (AvgIpc) is 2.87. The van der Waals surface area contributed by atoms with Crippen molar-refractivity contribution in [2.75, 3.05) is 11.4 Å². The van der Waals surface area contributed by atoms with Crippen LogP contribution in [0.4, 0.5) is 5.82 Å². The Kier molecular flexibility index (Phi) is 2.59. The van der Waals surface area contributed by atoms with Crippen molar-refractivity contribution in [1.82, 2.24) is 9.97 Å². The molecule has 2 aromatic rings. The molecule has 1 atom stereocenters. The number of fused-ring (bicyclic) bond motifs is 1. The second-order valence-corrected chi connectivity index (χ2v) is 4.41. The SMILES string of the molecule is O=C(O)[C@@H]1CCCN1c1cnc2ccccc2n1. The van der Waals surface area contributed by atoms with Crippen LogP contribution in [-0.2, 0) is 4.79 Å². The molecule has 2 heterocycles. The number of carboxylic acid groups (broad SMARTS) is 1. The van der Waals surface area contributed by atoms with Gasteiger partial charge in [-0.2, -0.15) is 0 Å². The minimum atomic E-state index is -0.789. The van der Waals surface area contributed by atoms with Crippen LogP contribution in [-0.4, -0.2) is 33.6 Å². The van der Waals surface area contributed by atoms with Crippen molar-refractivity contribution in [3.05, 3.63) is 30.5 Å². The third-order valence-electron chi connectivity index (χ3n) is 3.27. The van der Waals surface area contributed by atoms with Crippen LogP contribution in [0.15, 0.2) is 30.5 Å². The van der Waals surface area contributed by atoms with Gasteiger partial charge in [-0.1, -0.05) is 12.1 Å². The summed E-state index contributed by atoms with van der Waals surface area (Å²) in [5, 5.41) is 9.17. The van der Waals surface area contributed by atoms with Crippen molar-refractivity contribution in [2.45, 2.75) is 18.9 Å². The van der Waals surface area contributed by atoms with E-state index in [0.717, 1.165) is 24.0 Å². The molecule has 3 rings (SSSR count). The van der Waals surface area contributed by atoms with Crippen molar-refractivity contribution >= 4 is 22.8 Å². The van der Waals surface area contributed by atoms with Gasteiger partial charge >= 0.3 is 5.97 Å². The number of aromatic nitrogens is 2. The molecule has 0 amide bonds. The van der Waals surface area contributed by atoms with Gasteiger partial charge in [0.25, 0.3) is 0 Å². The second kappa shape index (κ2) is 4.25. The highest BCUT2D eigenvalue weighted by atomic mass is 16.4. The molecule has 1 saturated heterocycles. The van der Waals surface area contributed by atoms with Crippen LogP contribution in [0.5, 0.6) is 0 Å². The Morgan fingerprint density at radius 2 is 2.11 bits per heavy atom. The first-order chi connectivity index (χ1) is 8.75. The van der Waals surface area contributed by atoms with Crippen LogP contribution in [0.1, 0.15) is 12.8 Å². The molecular weight excluding hydrogens is 230 g/mol. The summed E-state index contributed by atoms with van der Waals surface area (Å²) in [7, 11) is 0. The maximum Gasteiger partial charge on any atom is 0.326 e. The lowest BCUT2D eigenvalue weighted by atomic mass is 10.2. The van der Waals surface area contributed by atoms with E-state index in [-0.39, 0.29) is 0 Å². The first kappa shape index (κ1) is 11.0. The van der Waals surface area contributed by atoms with Gasteiger partial charge in [-0.25, -0.2) is 9.78 Å². The highest BCUT2D eigenvalue weighted by molar-refractivity contribution is 5.80. The molecule has 1 fully saturated rings.